The molecule has 0 unspecified atom stereocenters. The second-order valence-electron chi connectivity index (χ2n) is 4.92. The monoisotopic (exact) mass is 222 g/mol. The highest BCUT2D eigenvalue weighted by Gasteiger charge is 2.14. The maximum Gasteiger partial charge on any atom is 0.0541 e. The van der Waals surface area contributed by atoms with Gasteiger partial charge in [0.25, 0.3) is 0 Å². The van der Waals surface area contributed by atoms with Gasteiger partial charge < -0.3 is 10.4 Å². The van der Waals surface area contributed by atoms with Crippen molar-refractivity contribution in [1.82, 2.24) is 10.3 Å². The standard InChI is InChI=1S/C13H22N2O/c1-13(2,11-16)7-5-8-14-10-12-6-3-4-9-15-12/h3-4,6,9,14,16H,5,7-8,10-11H2,1-2H3. The number of aliphatic hydroxyl groups is 1. The molecule has 1 rings (SSSR count). The number of hydrogen-bond donors (Lipinski definition) is 2. The van der Waals surface area contributed by atoms with E-state index in [2.05, 4.69) is 24.1 Å². The third kappa shape index (κ3) is 5.24. The van der Waals surface area contributed by atoms with Crippen LogP contribution in [0.5, 0.6) is 0 Å². The van der Waals surface area contributed by atoms with E-state index in [9.17, 15) is 0 Å². The molecule has 1 heterocycles. The highest BCUT2D eigenvalue weighted by atomic mass is 16.3. The summed E-state index contributed by atoms with van der Waals surface area (Å²) in [6.45, 7) is 6.23. The zero-order valence-electron chi connectivity index (χ0n) is 10.2. The van der Waals surface area contributed by atoms with Crippen LogP contribution in [0.25, 0.3) is 0 Å². The number of aromatic nitrogens is 1. The molecule has 0 bridgehead atoms. The van der Waals surface area contributed by atoms with E-state index in [-0.39, 0.29) is 12.0 Å². The fourth-order valence-electron chi connectivity index (χ4n) is 1.49. The summed E-state index contributed by atoms with van der Waals surface area (Å²) in [6, 6.07) is 5.94. The van der Waals surface area contributed by atoms with E-state index in [1.807, 2.05) is 24.4 Å². The lowest BCUT2D eigenvalue weighted by atomic mass is 9.89. The van der Waals surface area contributed by atoms with Gasteiger partial charge in [0.15, 0.2) is 0 Å². The number of nitrogens with zero attached hydrogens (tertiary/aromatic N) is 1. The van der Waals surface area contributed by atoms with E-state index in [1.165, 1.54) is 0 Å². The molecule has 3 nitrogen and oxygen atoms in total. The predicted octanol–water partition coefficient (Wildman–Crippen LogP) is 1.97. The van der Waals surface area contributed by atoms with Crippen molar-refractivity contribution >= 4 is 0 Å². The van der Waals surface area contributed by atoms with Gasteiger partial charge in [-0.2, -0.15) is 0 Å². The molecule has 0 spiro atoms. The average molecular weight is 222 g/mol. The highest BCUT2D eigenvalue weighted by molar-refractivity contribution is 5.02. The van der Waals surface area contributed by atoms with Crippen LogP contribution in [0.2, 0.25) is 0 Å². The van der Waals surface area contributed by atoms with E-state index >= 15 is 0 Å². The van der Waals surface area contributed by atoms with Crippen LogP contribution in [-0.4, -0.2) is 23.2 Å². The maximum atomic E-state index is 9.10. The minimum absolute atomic E-state index is 0.0483. The Labute approximate surface area is 97.9 Å². The zero-order valence-corrected chi connectivity index (χ0v) is 10.2. The summed E-state index contributed by atoms with van der Waals surface area (Å²) in [7, 11) is 0. The van der Waals surface area contributed by atoms with E-state index in [0.29, 0.717) is 0 Å². The van der Waals surface area contributed by atoms with Crippen molar-refractivity contribution < 1.29 is 5.11 Å². The van der Waals surface area contributed by atoms with Gasteiger partial charge in [-0.3, -0.25) is 4.98 Å². The predicted molar refractivity (Wildman–Crippen MR) is 66.0 cm³/mol. The maximum absolute atomic E-state index is 9.10. The van der Waals surface area contributed by atoms with Gasteiger partial charge in [-0.1, -0.05) is 19.9 Å². The van der Waals surface area contributed by atoms with Crippen LogP contribution in [0.15, 0.2) is 24.4 Å². The van der Waals surface area contributed by atoms with Crippen molar-refractivity contribution in [2.45, 2.75) is 33.2 Å². The van der Waals surface area contributed by atoms with Crippen molar-refractivity contribution in [2.24, 2.45) is 5.41 Å². The van der Waals surface area contributed by atoms with Crippen LogP contribution in [0.1, 0.15) is 32.4 Å². The summed E-state index contributed by atoms with van der Waals surface area (Å²) in [5, 5.41) is 12.5. The molecule has 0 amide bonds. The number of pyridine rings is 1. The second kappa shape index (κ2) is 6.61. The van der Waals surface area contributed by atoms with Crippen LogP contribution in [0.3, 0.4) is 0 Å². The van der Waals surface area contributed by atoms with Gasteiger partial charge in [0.05, 0.1) is 5.69 Å². The molecular weight excluding hydrogens is 200 g/mol. The molecular formula is C13H22N2O. The molecule has 0 aromatic carbocycles. The summed E-state index contributed by atoms with van der Waals surface area (Å²) in [5.74, 6) is 0. The largest absolute Gasteiger partial charge is 0.396 e. The first-order valence-corrected chi connectivity index (χ1v) is 5.85. The van der Waals surface area contributed by atoms with Gasteiger partial charge in [0.1, 0.15) is 0 Å². The molecule has 3 heteroatoms. The topological polar surface area (TPSA) is 45.1 Å². The molecule has 0 atom stereocenters. The molecule has 0 aliphatic heterocycles. The van der Waals surface area contributed by atoms with Gasteiger partial charge >= 0.3 is 0 Å². The Kier molecular flexibility index (Phi) is 5.43. The first-order chi connectivity index (χ1) is 7.64. The summed E-state index contributed by atoms with van der Waals surface area (Å²) in [6.07, 6.45) is 3.94. The number of aliphatic hydroxyl groups excluding tert-OH is 1. The first-order valence-electron chi connectivity index (χ1n) is 5.85. The fourth-order valence-corrected chi connectivity index (χ4v) is 1.49. The fraction of sp³-hybridized carbons (Fsp3) is 0.615. The smallest absolute Gasteiger partial charge is 0.0541 e. The average Bonchev–Trinajstić information content (AvgIpc) is 2.30. The highest BCUT2D eigenvalue weighted by Crippen LogP contribution is 2.20. The van der Waals surface area contributed by atoms with Crippen LogP contribution >= 0.6 is 0 Å². The minimum Gasteiger partial charge on any atom is -0.396 e. The summed E-state index contributed by atoms with van der Waals surface area (Å²) < 4.78 is 0. The van der Waals surface area contributed by atoms with Crippen LogP contribution in [0, 0.1) is 5.41 Å². The van der Waals surface area contributed by atoms with Crippen LogP contribution in [-0.2, 0) is 6.54 Å². The normalized spacial score (nSPS) is 11.7. The number of rotatable bonds is 7. The van der Waals surface area contributed by atoms with E-state index in [0.717, 1.165) is 31.6 Å². The second-order valence-corrected chi connectivity index (χ2v) is 4.92. The Morgan fingerprint density at radius 2 is 2.19 bits per heavy atom. The van der Waals surface area contributed by atoms with Crippen LogP contribution < -0.4 is 5.32 Å². The van der Waals surface area contributed by atoms with Crippen molar-refractivity contribution in [3.63, 3.8) is 0 Å². The molecule has 0 aliphatic carbocycles. The third-order valence-corrected chi connectivity index (χ3v) is 2.67. The molecule has 1 aromatic rings. The molecule has 16 heavy (non-hydrogen) atoms. The van der Waals surface area contributed by atoms with Gasteiger partial charge in [-0.05, 0) is 36.9 Å². The summed E-state index contributed by atoms with van der Waals surface area (Å²) >= 11 is 0. The molecule has 0 aliphatic rings. The molecule has 90 valence electrons. The van der Waals surface area contributed by atoms with E-state index < -0.39 is 0 Å². The Balaban J connectivity index is 2.09. The lowest BCUT2D eigenvalue weighted by molar-refractivity contribution is 0.148. The van der Waals surface area contributed by atoms with Crippen molar-refractivity contribution in [1.29, 1.82) is 0 Å². The van der Waals surface area contributed by atoms with Gasteiger partial charge in [-0.25, -0.2) is 0 Å². The first kappa shape index (κ1) is 13.1. The minimum atomic E-state index is 0.0483. The van der Waals surface area contributed by atoms with Gasteiger partial charge in [-0.15, -0.1) is 0 Å². The SMILES string of the molecule is CC(C)(CO)CCCNCc1ccccn1. The van der Waals surface area contributed by atoms with Gasteiger partial charge in [0.2, 0.25) is 0 Å². The summed E-state index contributed by atoms with van der Waals surface area (Å²) in [4.78, 5) is 4.24. The Morgan fingerprint density at radius 3 is 2.81 bits per heavy atom. The Hall–Kier alpha value is -0.930. The molecule has 0 fully saturated rings. The van der Waals surface area contributed by atoms with Crippen molar-refractivity contribution in [3.05, 3.63) is 30.1 Å². The molecule has 1 aromatic heterocycles. The molecule has 0 saturated carbocycles. The molecule has 0 saturated heterocycles. The molecule has 0 radical (unpaired) electrons. The number of nitrogens with one attached hydrogen (secondary N) is 1. The van der Waals surface area contributed by atoms with E-state index in [4.69, 9.17) is 5.11 Å². The Bertz CT molecular complexity index is 285. The van der Waals surface area contributed by atoms with Crippen molar-refractivity contribution in [2.75, 3.05) is 13.2 Å². The lowest BCUT2D eigenvalue weighted by Gasteiger charge is -2.21. The zero-order chi connectivity index (χ0) is 11.9. The lowest BCUT2D eigenvalue weighted by Crippen LogP contribution is -2.21. The van der Waals surface area contributed by atoms with E-state index in [1.54, 1.807) is 0 Å². The Morgan fingerprint density at radius 1 is 1.38 bits per heavy atom. The quantitative estimate of drug-likeness (QED) is 0.693. The number of hydrogen-bond acceptors (Lipinski definition) is 3. The molecule has 2 N–H and O–H groups in total. The third-order valence-electron chi connectivity index (χ3n) is 2.67. The van der Waals surface area contributed by atoms with Gasteiger partial charge in [0, 0.05) is 19.3 Å². The summed E-state index contributed by atoms with van der Waals surface area (Å²) in [5.41, 5.74) is 1.12. The van der Waals surface area contributed by atoms with Crippen molar-refractivity contribution in [3.8, 4) is 0 Å². The van der Waals surface area contributed by atoms with Crippen LogP contribution in [0.4, 0.5) is 0 Å².